The van der Waals surface area contributed by atoms with Crippen LogP contribution in [0.2, 0.25) is 0 Å². The van der Waals surface area contributed by atoms with Crippen molar-refractivity contribution in [2.24, 2.45) is 18.4 Å². The van der Waals surface area contributed by atoms with Crippen molar-refractivity contribution in [3.63, 3.8) is 0 Å². The first-order valence-electron chi connectivity index (χ1n) is 10.1. The second kappa shape index (κ2) is 7.05. The van der Waals surface area contributed by atoms with Gasteiger partial charge in [0, 0.05) is 45.8 Å². The minimum atomic E-state index is -0.300. The Kier molecular flexibility index (Phi) is 4.76. The number of likely N-dealkylation sites (tertiary alicyclic amines) is 2. The highest BCUT2D eigenvalue weighted by atomic mass is 16.2. The molecule has 1 aromatic heterocycles. The standard InChI is InChI=1S/C20H30N4O2/c1-22-13-17(12-21-22)6-7-18(25)24-11-9-20(15-24)8-3-10-23(19(20)26)14-16-4-2-5-16/h12-13,16H,2-11,14-15H2,1H3/t20-/m1/s1. The van der Waals surface area contributed by atoms with Crippen molar-refractivity contribution < 1.29 is 9.59 Å². The molecule has 3 heterocycles. The fourth-order valence-corrected chi connectivity index (χ4v) is 4.79. The van der Waals surface area contributed by atoms with Gasteiger partial charge >= 0.3 is 0 Å². The number of aromatic nitrogens is 2. The van der Waals surface area contributed by atoms with Gasteiger partial charge in [-0.15, -0.1) is 0 Å². The summed E-state index contributed by atoms with van der Waals surface area (Å²) in [5.74, 6) is 1.21. The molecule has 6 nitrogen and oxygen atoms in total. The molecule has 0 radical (unpaired) electrons. The van der Waals surface area contributed by atoms with Crippen LogP contribution in [-0.4, -0.2) is 57.6 Å². The third kappa shape index (κ3) is 3.38. The monoisotopic (exact) mass is 358 g/mol. The van der Waals surface area contributed by atoms with E-state index < -0.39 is 0 Å². The van der Waals surface area contributed by atoms with Crippen LogP contribution >= 0.6 is 0 Å². The van der Waals surface area contributed by atoms with E-state index in [0.717, 1.165) is 50.9 Å². The molecule has 1 atom stereocenters. The van der Waals surface area contributed by atoms with E-state index in [0.29, 0.717) is 24.8 Å². The molecule has 0 bridgehead atoms. The Morgan fingerprint density at radius 3 is 2.81 bits per heavy atom. The topological polar surface area (TPSA) is 58.4 Å². The van der Waals surface area contributed by atoms with E-state index >= 15 is 0 Å². The molecule has 0 aromatic carbocycles. The Balaban J connectivity index is 1.33. The summed E-state index contributed by atoms with van der Waals surface area (Å²) >= 11 is 0. The number of carbonyl (C=O) groups excluding carboxylic acids is 2. The molecule has 2 saturated heterocycles. The van der Waals surface area contributed by atoms with Crippen molar-refractivity contribution in [2.45, 2.75) is 51.4 Å². The van der Waals surface area contributed by atoms with Gasteiger partial charge < -0.3 is 9.80 Å². The Morgan fingerprint density at radius 2 is 2.12 bits per heavy atom. The van der Waals surface area contributed by atoms with Gasteiger partial charge in [0.05, 0.1) is 11.6 Å². The first-order valence-corrected chi connectivity index (χ1v) is 10.1. The molecule has 6 heteroatoms. The second-order valence-corrected chi connectivity index (χ2v) is 8.52. The van der Waals surface area contributed by atoms with Crippen LogP contribution in [0.25, 0.3) is 0 Å². The van der Waals surface area contributed by atoms with Crippen molar-refractivity contribution in [2.75, 3.05) is 26.2 Å². The van der Waals surface area contributed by atoms with Crippen LogP contribution in [0, 0.1) is 11.3 Å². The molecule has 142 valence electrons. The summed E-state index contributed by atoms with van der Waals surface area (Å²) in [6, 6.07) is 0. The van der Waals surface area contributed by atoms with Crippen LogP contribution in [-0.2, 0) is 23.1 Å². The third-order valence-corrected chi connectivity index (χ3v) is 6.62. The van der Waals surface area contributed by atoms with Gasteiger partial charge in [-0.3, -0.25) is 14.3 Å². The van der Waals surface area contributed by atoms with Gasteiger partial charge in [-0.2, -0.15) is 5.10 Å². The van der Waals surface area contributed by atoms with E-state index in [2.05, 4.69) is 10.00 Å². The minimum absolute atomic E-state index is 0.176. The highest BCUT2D eigenvalue weighted by Crippen LogP contribution is 2.41. The average molecular weight is 358 g/mol. The fraction of sp³-hybridized carbons (Fsp3) is 0.750. The number of hydrogen-bond donors (Lipinski definition) is 0. The van der Waals surface area contributed by atoms with Gasteiger partial charge in [-0.1, -0.05) is 6.42 Å². The summed E-state index contributed by atoms with van der Waals surface area (Å²) in [6.07, 6.45) is 11.7. The van der Waals surface area contributed by atoms with Crippen LogP contribution in [0.1, 0.15) is 50.5 Å². The molecule has 1 aromatic rings. The zero-order valence-corrected chi connectivity index (χ0v) is 15.8. The second-order valence-electron chi connectivity index (χ2n) is 8.52. The highest BCUT2D eigenvalue weighted by molar-refractivity contribution is 5.86. The Hall–Kier alpha value is -1.85. The molecule has 1 saturated carbocycles. The van der Waals surface area contributed by atoms with E-state index in [1.165, 1.54) is 19.3 Å². The zero-order chi connectivity index (χ0) is 18.1. The lowest BCUT2D eigenvalue weighted by molar-refractivity contribution is -0.147. The molecule has 4 rings (SSSR count). The predicted octanol–water partition coefficient (Wildman–Crippen LogP) is 1.99. The number of carbonyl (C=O) groups is 2. The van der Waals surface area contributed by atoms with E-state index in [-0.39, 0.29) is 11.3 Å². The molecule has 26 heavy (non-hydrogen) atoms. The van der Waals surface area contributed by atoms with Crippen LogP contribution in [0.15, 0.2) is 12.4 Å². The van der Waals surface area contributed by atoms with Crippen LogP contribution in [0.5, 0.6) is 0 Å². The van der Waals surface area contributed by atoms with Gasteiger partial charge in [0.15, 0.2) is 0 Å². The van der Waals surface area contributed by atoms with Crippen molar-refractivity contribution >= 4 is 11.8 Å². The van der Waals surface area contributed by atoms with E-state index in [4.69, 9.17) is 0 Å². The lowest BCUT2D eigenvalue weighted by Crippen LogP contribution is -2.52. The summed E-state index contributed by atoms with van der Waals surface area (Å²) in [7, 11) is 1.89. The van der Waals surface area contributed by atoms with Crippen molar-refractivity contribution in [1.29, 1.82) is 0 Å². The molecule has 2 amide bonds. The summed E-state index contributed by atoms with van der Waals surface area (Å²) in [6.45, 7) is 3.20. The lowest BCUT2D eigenvalue weighted by atomic mass is 9.77. The third-order valence-electron chi connectivity index (χ3n) is 6.62. The van der Waals surface area contributed by atoms with Crippen molar-refractivity contribution in [3.8, 4) is 0 Å². The average Bonchev–Trinajstić information content (AvgIpc) is 3.20. The van der Waals surface area contributed by atoms with Crippen molar-refractivity contribution in [3.05, 3.63) is 18.0 Å². The van der Waals surface area contributed by atoms with Gasteiger partial charge in [0.1, 0.15) is 0 Å². The Labute approximate surface area is 155 Å². The molecular formula is C20H30N4O2. The Bertz CT molecular complexity index is 681. The first kappa shape index (κ1) is 17.6. The van der Waals surface area contributed by atoms with Crippen LogP contribution in [0.3, 0.4) is 0 Å². The minimum Gasteiger partial charge on any atom is -0.342 e. The van der Waals surface area contributed by atoms with Crippen molar-refractivity contribution in [1.82, 2.24) is 19.6 Å². The maximum Gasteiger partial charge on any atom is 0.230 e. The zero-order valence-electron chi connectivity index (χ0n) is 15.8. The maximum absolute atomic E-state index is 13.2. The predicted molar refractivity (Wildman–Crippen MR) is 98.3 cm³/mol. The van der Waals surface area contributed by atoms with Gasteiger partial charge in [-0.25, -0.2) is 0 Å². The SMILES string of the molecule is Cn1cc(CCC(=O)N2CC[C@]3(CCCN(CC4CCC4)C3=O)C2)cn1. The van der Waals surface area contributed by atoms with E-state index in [1.54, 1.807) is 4.68 Å². The maximum atomic E-state index is 13.2. The number of nitrogens with zero attached hydrogens (tertiary/aromatic N) is 4. The van der Waals surface area contributed by atoms with Gasteiger partial charge in [0.25, 0.3) is 0 Å². The van der Waals surface area contributed by atoms with Crippen LogP contribution in [0.4, 0.5) is 0 Å². The first-order chi connectivity index (χ1) is 12.6. The molecular weight excluding hydrogens is 328 g/mol. The molecule has 1 aliphatic carbocycles. The summed E-state index contributed by atoms with van der Waals surface area (Å²) in [5, 5.41) is 4.16. The largest absolute Gasteiger partial charge is 0.342 e. The van der Waals surface area contributed by atoms with Gasteiger partial charge in [-0.05, 0) is 50.0 Å². The van der Waals surface area contributed by atoms with Crippen LogP contribution < -0.4 is 0 Å². The number of rotatable bonds is 5. The molecule has 0 N–H and O–H groups in total. The van der Waals surface area contributed by atoms with E-state index in [1.807, 2.05) is 24.3 Å². The molecule has 3 aliphatic rings. The number of piperidine rings is 1. The summed E-state index contributed by atoms with van der Waals surface area (Å²) < 4.78 is 1.77. The fourth-order valence-electron chi connectivity index (χ4n) is 4.79. The summed E-state index contributed by atoms with van der Waals surface area (Å²) in [4.78, 5) is 29.8. The lowest BCUT2D eigenvalue weighted by Gasteiger charge is -2.42. The normalized spacial score (nSPS) is 26.6. The molecule has 0 unspecified atom stereocenters. The quantitative estimate of drug-likeness (QED) is 0.809. The van der Waals surface area contributed by atoms with E-state index in [9.17, 15) is 9.59 Å². The Morgan fingerprint density at radius 1 is 1.27 bits per heavy atom. The number of amides is 2. The van der Waals surface area contributed by atoms with Gasteiger partial charge in [0.2, 0.25) is 11.8 Å². The highest BCUT2D eigenvalue weighted by Gasteiger charge is 2.49. The number of aryl methyl sites for hydroxylation is 2. The molecule has 3 fully saturated rings. The number of hydrogen-bond acceptors (Lipinski definition) is 3. The summed E-state index contributed by atoms with van der Waals surface area (Å²) in [5.41, 5.74) is 0.793. The molecule has 2 aliphatic heterocycles. The molecule has 1 spiro atoms. The smallest absolute Gasteiger partial charge is 0.230 e.